The first kappa shape index (κ1) is 10.4. The summed E-state index contributed by atoms with van der Waals surface area (Å²) in [5, 5.41) is 12.9. The zero-order valence-corrected chi connectivity index (χ0v) is 8.50. The van der Waals surface area contributed by atoms with Crippen molar-refractivity contribution < 1.29 is 9.90 Å². The van der Waals surface area contributed by atoms with E-state index in [4.69, 9.17) is 10.8 Å². The Morgan fingerprint density at radius 3 is 2.50 bits per heavy atom. The maximum atomic E-state index is 10.9. The van der Waals surface area contributed by atoms with Crippen molar-refractivity contribution in [2.45, 2.75) is 6.61 Å². The van der Waals surface area contributed by atoms with E-state index in [9.17, 15) is 4.79 Å². The Bertz CT molecular complexity index is 502. The van der Waals surface area contributed by atoms with E-state index in [2.05, 4.69) is 5.10 Å². The van der Waals surface area contributed by atoms with Crippen LogP contribution in [0.15, 0.2) is 36.5 Å². The second-order valence-corrected chi connectivity index (χ2v) is 3.33. The molecule has 2 rings (SSSR count). The SMILES string of the molecule is NC(=O)c1ccn(-c2ccc(CO)cc2)n1. The number of carbonyl (C=O) groups is 1. The zero-order valence-electron chi connectivity index (χ0n) is 8.50. The summed E-state index contributed by atoms with van der Waals surface area (Å²) in [7, 11) is 0. The van der Waals surface area contributed by atoms with Crippen LogP contribution in [0.5, 0.6) is 0 Å². The number of nitrogens with two attached hydrogens (primary N) is 1. The van der Waals surface area contributed by atoms with Crippen molar-refractivity contribution in [1.29, 1.82) is 0 Å². The van der Waals surface area contributed by atoms with Gasteiger partial charge in [0.25, 0.3) is 5.91 Å². The summed E-state index contributed by atoms with van der Waals surface area (Å²) < 4.78 is 1.56. The van der Waals surface area contributed by atoms with E-state index in [1.807, 2.05) is 12.1 Å². The molecular formula is C11H11N3O2. The minimum Gasteiger partial charge on any atom is -0.392 e. The molecule has 0 aliphatic carbocycles. The second-order valence-electron chi connectivity index (χ2n) is 3.33. The van der Waals surface area contributed by atoms with Gasteiger partial charge in [-0.2, -0.15) is 5.10 Å². The maximum absolute atomic E-state index is 10.9. The smallest absolute Gasteiger partial charge is 0.269 e. The van der Waals surface area contributed by atoms with Crippen molar-refractivity contribution in [3.63, 3.8) is 0 Å². The first-order valence-electron chi connectivity index (χ1n) is 4.76. The van der Waals surface area contributed by atoms with E-state index < -0.39 is 5.91 Å². The third-order valence-electron chi connectivity index (χ3n) is 2.22. The molecular weight excluding hydrogens is 206 g/mol. The van der Waals surface area contributed by atoms with Gasteiger partial charge in [0.2, 0.25) is 0 Å². The number of aromatic nitrogens is 2. The molecule has 3 N–H and O–H groups in total. The van der Waals surface area contributed by atoms with Gasteiger partial charge < -0.3 is 10.8 Å². The molecule has 0 bridgehead atoms. The summed E-state index contributed by atoms with van der Waals surface area (Å²) in [6, 6.07) is 8.76. The predicted octanol–water partition coefficient (Wildman–Crippen LogP) is 0.463. The van der Waals surface area contributed by atoms with Gasteiger partial charge in [0.05, 0.1) is 12.3 Å². The van der Waals surface area contributed by atoms with Gasteiger partial charge >= 0.3 is 0 Å². The number of benzene rings is 1. The van der Waals surface area contributed by atoms with E-state index in [-0.39, 0.29) is 12.3 Å². The Hall–Kier alpha value is -2.14. The van der Waals surface area contributed by atoms with Gasteiger partial charge in [0.15, 0.2) is 0 Å². The Balaban J connectivity index is 2.31. The van der Waals surface area contributed by atoms with Gasteiger partial charge in [-0.3, -0.25) is 4.79 Å². The Morgan fingerprint density at radius 2 is 2.00 bits per heavy atom. The summed E-state index contributed by atoms with van der Waals surface area (Å²) in [6.45, 7) is 0.00588. The molecule has 0 saturated heterocycles. The third-order valence-corrected chi connectivity index (χ3v) is 2.22. The molecule has 1 heterocycles. The lowest BCUT2D eigenvalue weighted by atomic mass is 10.2. The largest absolute Gasteiger partial charge is 0.392 e. The van der Waals surface area contributed by atoms with E-state index >= 15 is 0 Å². The average molecular weight is 217 g/mol. The summed E-state index contributed by atoms with van der Waals surface area (Å²) in [4.78, 5) is 10.9. The number of aliphatic hydroxyl groups is 1. The van der Waals surface area contributed by atoms with Crippen LogP contribution >= 0.6 is 0 Å². The second kappa shape index (κ2) is 4.16. The predicted molar refractivity (Wildman–Crippen MR) is 58.0 cm³/mol. The normalized spacial score (nSPS) is 10.3. The molecule has 1 amide bonds. The van der Waals surface area contributed by atoms with Gasteiger partial charge in [0, 0.05) is 6.20 Å². The van der Waals surface area contributed by atoms with Crippen LogP contribution in [0, 0.1) is 0 Å². The quantitative estimate of drug-likeness (QED) is 0.783. The van der Waals surface area contributed by atoms with Crippen LogP contribution in [0.4, 0.5) is 0 Å². The van der Waals surface area contributed by atoms with Crippen LogP contribution < -0.4 is 5.73 Å². The van der Waals surface area contributed by atoms with Crippen molar-refractivity contribution in [2.24, 2.45) is 5.73 Å². The number of carbonyl (C=O) groups excluding carboxylic acids is 1. The molecule has 0 aliphatic rings. The number of aliphatic hydroxyl groups excluding tert-OH is 1. The average Bonchev–Trinajstić information content (AvgIpc) is 2.78. The van der Waals surface area contributed by atoms with Crippen molar-refractivity contribution in [3.8, 4) is 5.69 Å². The number of nitrogens with zero attached hydrogens (tertiary/aromatic N) is 2. The van der Waals surface area contributed by atoms with E-state index in [0.29, 0.717) is 0 Å². The Labute approximate surface area is 92.1 Å². The minimum absolute atomic E-state index is 0.00588. The standard InChI is InChI=1S/C11H11N3O2/c12-11(16)10-5-6-14(13-10)9-3-1-8(7-15)2-4-9/h1-6,15H,7H2,(H2,12,16). The van der Waals surface area contributed by atoms with Crippen molar-refractivity contribution in [2.75, 3.05) is 0 Å². The molecule has 1 aromatic heterocycles. The molecule has 16 heavy (non-hydrogen) atoms. The van der Waals surface area contributed by atoms with Gasteiger partial charge in [-0.15, -0.1) is 0 Å². The van der Waals surface area contributed by atoms with Crippen molar-refractivity contribution in [1.82, 2.24) is 9.78 Å². The molecule has 1 aromatic carbocycles. The van der Waals surface area contributed by atoms with Gasteiger partial charge in [-0.25, -0.2) is 4.68 Å². The first-order valence-corrected chi connectivity index (χ1v) is 4.76. The van der Waals surface area contributed by atoms with Crippen molar-refractivity contribution >= 4 is 5.91 Å². The fourth-order valence-corrected chi connectivity index (χ4v) is 1.35. The fraction of sp³-hybridized carbons (Fsp3) is 0.0909. The number of rotatable bonds is 3. The van der Waals surface area contributed by atoms with Crippen LogP contribution in [-0.4, -0.2) is 20.8 Å². The highest BCUT2D eigenvalue weighted by Crippen LogP contribution is 2.09. The molecule has 0 unspecified atom stereocenters. The molecule has 0 atom stereocenters. The molecule has 0 fully saturated rings. The summed E-state index contributed by atoms with van der Waals surface area (Å²) in [5.41, 5.74) is 6.97. The van der Waals surface area contributed by atoms with E-state index in [0.717, 1.165) is 11.3 Å². The highest BCUT2D eigenvalue weighted by atomic mass is 16.3. The molecule has 0 saturated carbocycles. The molecule has 82 valence electrons. The summed E-state index contributed by atoms with van der Waals surface area (Å²) in [5.74, 6) is -0.550. The lowest BCUT2D eigenvalue weighted by Crippen LogP contribution is -2.12. The van der Waals surface area contributed by atoms with E-state index in [1.165, 1.54) is 0 Å². The summed E-state index contributed by atoms with van der Waals surface area (Å²) in [6.07, 6.45) is 1.66. The van der Waals surface area contributed by atoms with Gasteiger partial charge in [-0.1, -0.05) is 12.1 Å². The topological polar surface area (TPSA) is 81.1 Å². The fourth-order valence-electron chi connectivity index (χ4n) is 1.35. The van der Waals surface area contributed by atoms with Crippen LogP contribution in [0.1, 0.15) is 16.1 Å². The minimum atomic E-state index is -0.550. The highest BCUT2D eigenvalue weighted by molar-refractivity contribution is 5.90. The Morgan fingerprint density at radius 1 is 1.31 bits per heavy atom. The molecule has 5 heteroatoms. The van der Waals surface area contributed by atoms with Crippen LogP contribution in [0.25, 0.3) is 5.69 Å². The molecule has 0 radical (unpaired) electrons. The van der Waals surface area contributed by atoms with Crippen LogP contribution in [0.3, 0.4) is 0 Å². The third kappa shape index (κ3) is 1.94. The number of primary amides is 1. The molecule has 0 spiro atoms. The van der Waals surface area contributed by atoms with Gasteiger partial charge in [-0.05, 0) is 23.8 Å². The number of hydrogen-bond donors (Lipinski definition) is 2. The maximum Gasteiger partial charge on any atom is 0.269 e. The molecule has 5 nitrogen and oxygen atoms in total. The molecule has 2 aromatic rings. The van der Waals surface area contributed by atoms with Crippen LogP contribution in [0.2, 0.25) is 0 Å². The highest BCUT2D eigenvalue weighted by Gasteiger charge is 2.05. The monoisotopic (exact) mass is 217 g/mol. The molecule has 0 aliphatic heterocycles. The van der Waals surface area contributed by atoms with E-state index in [1.54, 1.807) is 29.1 Å². The lowest BCUT2D eigenvalue weighted by molar-refractivity contribution is 0.0995. The van der Waals surface area contributed by atoms with Crippen molar-refractivity contribution in [3.05, 3.63) is 47.8 Å². The lowest BCUT2D eigenvalue weighted by Gasteiger charge is -2.01. The first-order chi connectivity index (χ1) is 7.70. The number of hydrogen-bond acceptors (Lipinski definition) is 3. The summed E-state index contributed by atoms with van der Waals surface area (Å²) >= 11 is 0. The Kier molecular flexibility index (Phi) is 2.70. The van der Waals surface area contributed by atoms with Crippen LogP contribution in [-0.2, 0) is 6.61 Å². The number of amides is 1. The van der Waals surface area contributed by atoms with Gasteiger partial charge in [0.1, 0.15) is 5.69 Å². The zero-order chi connectivity index (χ0) is 11.5.